The van der Waals surface area contributed by atoms with Crippen LogP contribution in [0.4, 0.5) is 0 Å². The Labute approximate surface area is 122 Å². The molecule has 4 heteroatoms. The van der Waals surface area contributed by atoms with E-state index in [0.717, 1.165) is 11.9 Å². The standard InChI is InChI=1S/C15H20BrNO2/c1-10-13(6-3-7-14(10)18)15(19)17-9-12-5-2-4-11(12)8-16/h3,6-7,11-12,18H,2,4-5,8-9H2,1H3,(H,17,19). The zero-order valence-corrected chi connectivity index (χ0v) is 12.7. The van der Waals surface area contributed by atoms with Crippen molar-refractivity contribution in [1.82, 2.24) is 5.32 Å². The number of alkyl halides is 1. The van der Waals surface area contributed by atoms with Crippen molar-refractivity contribution in [2.24, 2.45) is 11.8 Å². The van der Waals surface area contributed by atoms with Crippen molar-refractivity contribution in [3.05, 3.63) is 29.3 Å². The molecular formula is C15H20BrNO2. The Balaban J connectivity index is 1.96. The number of nitrogens with one attached hydrogen (secondary N) is 1. The van der Waals surface area contributed by atoms with Crippen molar-refractivity contribution in [1.29, 1.82) is 0 Å². The van der Waals surface area contributed by atoms with E-state index in [0.29, 0.717) is 23.0 Å². The summed E-state index contributed by atoms with van der Waals surface area (Å²) in [6.45, 7) is 2.49. The molecule has 2 N–H and O–H groups in total. The minimum atomic E-state index is -0.0892. The summed E-state index contributed by atoms with van der Waals surface area (Å²) in [6.07, 6.45) is 3.69. The largest absolute Gasteiger partial charge is 0.508 e. The SMILES string of the molecule is Cc1c(O)cccc1C(=O)NCC1CCCC1CBr. The van der Waals surface area contributed by atoms with E-state index >= 15 is 0 Å². The van der Waals surface area contributed by atoms with Crippen LogP contribution in [0.3, 0.4) is 0 Å². The zero-order valence-electron chi connectivity index (χ0n) is 11.2. The van der Waals surface area contributed by atoms with Gasteiger partial charge in [0, 0.05) is 23.0 Å². The summed E-state index contributed by atoms with van der Waals surface area (Å²) in [6, 6.07) is 5.05. The fourth-order valence-electron chi connectivity index (χ4n) is 2.77. The molecule has 1 aromatic rings. The summed E-state index contributed by atoms with van der Waals surface area (Å²) in [5.74, 6) is 1.33. The number of aromatic hydroxyl groups is 1. The fraction of sp³-hybridized carbons (Fsp3) is 0.533. The van der Waals surface area contributed by atoms with Crippen LogP contribution >= 0.6 is 15.9 Å². The molecule has 2 atom stereocenters. The smallest absolute Gasteiger partial charge is 0.251 e. The van der Waals surface area contributed by atoms with E-state index in [1.54, 1.807) is 25.1 Å². The van der Waals surface area contributed by atoms with E-state index in [9.17, 15) is 9.90 Å². The van der Waals surface area contributed by atoms with Gasteiger partial charge in [-0.25, -0.2) is 0 Å². The minimum absolute atomic E-state index is 0.0892. The van der Waals surface area contributed by atoms with Crippen molar-refractivity contribution in [3.63, 3.8) is 0 Å². The lowest BCUT2D eigenvalue weighted by Crippen LogP contribution is -2.31. The van der Waals surface area contributed by atoms with Gasteiger partial charge >= 0.3 is 0 Å². The molecule has 3 nitrogen and oxygen atoms in total. The monoisotopic (exact) mass is 325 g/mol. The summed E-state index contributed by atoms with van der Waals surface area (Å²) >= 11 is 3.54. The first-order valence-electron chi connectivity index (χ1n) is 6.76. The molecule has 104 valence electrons. The molecular weight excluding hydrogens is 306 g/mol. The van der Waals surface area contributed by atoms with Gasteiger partial charge in [-0.3, -0.25) is 4.79 Å². The first-order chi connectivity index (χ1) is 9.13. The Morgan fingerprint density at radius 2 is 2.16 bits per heavy atom. The molecule has 0 aromatic heterocycles. The Kier molecular flexibility index (Phi) is 4.86. The minimum Gasteiger partial charge on any atom is -0.508 e. The summed E-state index contributed by atoms with van der Waals surface area (Å²) in [7, 11) is 0. The van der Waals surface area contributed by atoms with Crippen LogP contribution in [0.25, 0.3) is 0 Å². The third-order valence-corrected chi connectivity index (χ3v) is 4.92. The number of rotatable bonds is 4. The maximum absolute atomic E-state index is 12.1. The second kappa shape index (κ2) is 6.42. The van der Waals surface area contributed by atoms with E-state index in [2.05, 4.69) is 21.2 Å². The molecule has 1 fully saturated rings. The van der Waals surface area contributed by atoms with Gasteiger partial charge in [0.05, 0.1) is 0 Å². The van der Waals surface area contributed by atoms with Gasteiger partial charge in [0.15, 0.2) is 0 Å². The third kappa shape index (κ3) is 3.30. The van der Waals surface area contributed by atoms with Crippen molar-refractivity contribution in [2.45, 2.75) is 26.2 Å². The van der Waals surface area contributed by atoms with Gasteiger partial charge in [0.2, 0.25) is 0 Å². The molecule has 1 aliphatic rings. The van der Waals surface area contributed by atoms with Crippen molar-refractivity contribution in [3.8, 4) is 5.75 Å². The third-order valence-electron chi connectivity index (χ3n) is 4.09. The first kappa shape index (κ1) is 14.4. The normalized spacial score (nSPS) is 22.4. The molecule has 1 aliphatic carbocycles. The van der Waals surface area contributed by atoms with Gasteiger partial charge < -0.3 is 10.4 Å². The fourth-order valence-corrected chi connectivity index (χ4v) is 3.63. The lowest BCUT2D eigenvalue weighted by atomic mass is 9.98. The highest BCUT2D eigenvalue weighted by molar-refractivity contribution is 9.09. The molecule has 0 spiro atoms. The Morgan fingerprint density at radius 3 is 2.89 bits per heavy atom. The Bertz CT molecular complexity index is 461. The number of phenolic OH excluding ortho intramolecular Hbond substituents is 1. The number of carbonyl (C=O) groups is 1. The van der Waals surface area contributed by atoms with E-state index in [-0.39, 0.29) is 11.7 Å². The first-order valence-corrected chi connectivity index (χ1v) is 7.88. The topological polar surface area (TPSA) is 49.3 Å². The highest BCUT2D eigenvalue weighted by Crippen LogP contribution is 2.32. The van der Waals surface area contributed by atoms with Crippen LogP contribution < -0.4 is 5.32 Å². The van der Waals surface area contributed by atoms with E-state index in [1.165, 1.54) is 19.3 Å². The summed E-state index contributed by atoms with van der Waals surface area (Å²) in [5, 5.41) is 13.6. The second-order valence-electron chi connectivity index (χ2n) is 5.27. The predicted octanol–water partition coefficient (Wildman–Crippen LogP) is 3.24. The molecule has 1 amide bonds. The molecule has 0 heterocycles. The number of hydrogen-bond donors (Lipinski definition) is 2. The number of amides is 1. The molecule has 1 saturated carbocycles. The molecule has 2 rings (SSSR count). The van der Waals surface area contributed by atoms with Crippen LogP contribution in [0.2, 0.25) is 0 Å². The number of hydrogen-bond acceptors (Lipinski definition) is 2. The molecule has 19 heavy (non-hydrogen) atoms. The van der Waals surface area contributed by atoms with Crippen molar-refractivity contribution >= 4 is 21.8 Å². The Hall–Kier alpha value is -1.03. The average Bonchev–Trinajstić information content (AvgIpc) is 2.86. The molecule has 0 saturated heterocycles. The van der Waals surface area contributed by atoms with Crippen LogP contribution in [0.15, 0.2) is 18.2 Å². The predicted molar refractivity (Wildman–Crippen MR) is 79.8 cm³/mol. The highest BCUT2D eigenvalue weighted by Gasteiger charge is 2.26. The van der Waals surface area contributed by atoms with Gasteiger partial charge in [-0.15, -0.1) is 0 Å². The number of carbonyl (C=O) groups excluding carboxylic acids is 1. The quantitative estimate of drug-likeness (QED) is 0.835. The van der Waals surface area contributed by atoms with Gasteiger partial charge in [-0.1, -0.05) is 28.4 Å². The van der Waals surface area contributed by atoms with E-state index in [1.807, 2.05) is 0 Å². The maximum Gasteiger partial charge on any atom is 0.251 e. The Morgan fingerprint density at radius 1 is 1.42 bits per heavy atom. The molecule has 2 unspecified atom stereocenters. The summed E-state index contributed by atoms with van der Waals surface area (Å²) < 4.78 is 0. The lowest BCUT2D eigenvalue weighted by molar-refractivity contribution is 0.0943. The van der Waals surface area contributed by atoms with Gasteiger partial charge in [0.1, 0.15) is 5.75 Å². The van der Waals surface area contributed by atoms with E-state index < -0.39 is 0 Å². The zero-order chi connectivity index (χ0) is 13.8. The molecule has 0 aliphatic heterocycles. The number of phenols is 1. The van der Waals surface area contributed by atoms with Gasteiger partial charge in [-0.2, -0.15) is 0 Å². The van der Waals surface area contributed by atoms with Crippen LogP contribution in [0.5, 0.6) is 5.75 Å². The molecule has 1 aromatic carbocycles. The van der Waals surface area contributed by atoms with Crippen LogP contribution in [0.1, 0.15) is 35.2 Å². The second-order valence-corrected chi connectivity index (χ2v) is 5.91. The van der Waals surface area contributed by atoms with Gasteiger partial charge in [0.25, 0.3) is 5.91 Å². The molecule has 0 radical (unpaired) electrons. The average molecular weight is 326 g/mol. The van der Waals surface area contributed by atoms with E-state index in [4.69, 9.17) is 0 Å². The maximum atomic E-state index is 12.1. The van der Waals surface area contributed by atoms with Crippen LogP contribution in [0, 0.1) is 18.8 Å². The van der Waals surface area contributed by atoms with Gasteiger partial charge in [-0.05, 0) is 43.7 Å². The molecule has 0 bridgehead atoms. The summed E-state index contributed by atoms with van der Waals surface area (Å²) in [5.41, 5.74) is 1.21. The van der Waals surface area contributed by atoms with Crippen LogP contribution in [-0.4, -0.2) is 22.9 Å². The number of halogens is 1. The highest BCUT2D eigenvalue weighted by atomic mass is 79.9. The lowest BCUT2D eigenvalue weighted by Gasteiger charge is -2.18. The van der Waals surface area contributed by atoms with Crippen molar-refractivity contribution in [2.75, 3.05) is 11.9 Å². The van der Waals surface area contributed by atoms with Crippen molar-refractivity contribution < 1.29 is 9.90 Å². The summed E-state index contributed by atoms with van der Waals surface area (Å²) in [4.78, 5) is 12.1. The number of benzene rings is 1. The van der Waals surface area contributed by atoms with Crippen LogP contribution in [-0.2, 0) is 0 Å².